The van der Waals surface area contributed by atoms with Gasteiger partial charge in [-0.05, 0) is 37.1 Å². The van der Waals surface area contributed by atoms with Gasteiger partial charge in [-0.25, -0.2) is 0 Å². The highest BCUT2D eigenvalue weighted by molar-refractivity contribution is 5.95. The third-order valence-corrected chi connectivity index (χ3v) is 4.02. The molecule has 0 aliphatic heterocycles. The summed E-state index contributed by atoms with van der Waals surface area (Å²) in [5.41, 5.74) is 1.47. The fourth-order valence-corrected chi connectivity index (χ4v) is 2.46. The van der Waals surface area contributed by atoms with E-state index in [-0.39, 0.29) is 17.7 Å². The number of Topliss-reactive ketones (excluding diaryl/α,β-unsaturated/α-hetero) is 1. The highest BCUT2D eigenvalue weighted by atomic mass is 16.5. The molecule has 124 valence electrons. The summed E-state index contributed by atoms with van der Waals surface area (Å²) in [7, 11) is 0. The summed E-state index contributed by atoms with van der Waals surface area (Å²) in [6, 6.07) is 16.7. The maximum absolute atomic E-state index is 12.5. The van der Waals surface area contributed by atoms with E-state index in [4.69, 9.17) is 4.74 Å². The van der Waals surface area contributed by atoms with E-state index < -0.39 is 6.10 Å². The number of nitrogens with one attached hydrogen (secondary N) is 1. The predicted molar refractivity (Wildman–Crippen MR) is 92.0 cm³/mol. The smallest absolute Gasteiger partial charge is 0.266 e. The minimum absolute atomic E-state index is 0.0904. The van der Waals surface area contributed by atoms with Gasteiger partial charge in [-0.3, -0.25) is 9.59 Å². The van der Waals surface area contributed by atoms with Crippen LogP contribution in [0.1, 0.15) is 48.2 Å². The van der Waals surface area contributed by atoms with Crippen LogP contribution in [0, 0.1) is 0 Å². The molecule has 0 aromatic heterocycles. The van der Waals surface area contributed by atoms with Crippen molar-refractivity contribution in [1.82, 2.24) is 5.32 Å². The zero-order chi connectivity index (χ0) is 16.9. The van der Waals surface area contributed by atoms with Crippen LogP contribution in [0.2, 0.25) is 0 Å². The Morgan fingerprint density at radius 2 is 1.75 bits per heavy atom. The van der Waals surface area contributed by atoms with Crippen LogP contribution in [0.15, 0.2) is 54.6 Å². The Morgan fingerprint density at radius 1 is 1.08 bits per heavy atom. The van der Waals surface area contributed by atoms with Gasteiger partial charge in [-0.2, -0.15) is 0 Å². The van der Waals surface area contributed by atoms with Crippen LogP contribution in [0.5, 0.6) is 5.75 Å². The molecular weight excluding hydrogens is 302 g/mol. The third-order valence-electron chi connectivity index (χ3n) is 4.02. The van der Waals surface area contributed by atoms with Crippen molar-refractivity contribution in [3.63, 3.8) is 0 Å². The van der Waals surface area contributed by atoms with Crippen molar-refractivity contribution in [3.05, 3.63) is 65.7 Å². The van der Waals surface area contributed by atoms with E-state index in [1.165, 1.54) is 0 Å². The maximum Gasteiger partial charge on any atom is 0.266 e. The molecule has 0 bridgehead atoms. The monoisotopic (exact) mass is 323 g/mol. The van der Waals surface area contributed by atoms with Gasteiger partial charge in [-0.1, -0.05) is 37.3 Å². The van der Waals surface area contributed by atoms with Gasteiger partial charge in [0.15, 0.2) is 5.78 Å². The van der Waals surface area contributed by atoms with Gasteiger partial charge in [0.05, 0.1) is 0 Å². The number of ether oxygens (including phenoxy) is 1. The topological polar surface area (TPSA) is 55.4 Å². The molecule has 4 nitrogen and oxygen atoms in total. The molecule has 1 aliphatic rings. The van der Waals surface area contributed by atoms with Crippen LogP contribution in [0.4, 0.5) is 0 Å². The zero-order valence-electron chi connectivity index (χ0n) is 13.7. The van der Waals surface area contributed by atoms with Gasteiger partial charge < -0.3 is 10.1 Å². The summed E-state index contributed by atoms with van der Waals surface area (Å²) < 4.78 is 5.94. The van der Waals surface area contributed by atoms with Gasteiger partial charge in [0.25, 0.3) is 5.91 Å². The van der Waals surface area contributed by atoms with Crippen molar-refractivity contribution in [2.24, 2.45) is 0 Å². The quantitative estimate of drug-likeness (QED) is 0.791. The van der Waals surface area contributed by atoms with Crippen molar-refractivity contribution in [2.45, 2.75) is 38.3 Å². The summed E-state index contributed by atoms with van der Waals surface area (Å²) >= 11 is 0. The van der Waals surface area contributed by atoms with E-state index >= 15 is 0 Å². The molecule has 1 saturated carbocycles. The Hall–Kier alpha value is -2.62. The number of benzene rings is 2. The fourth-order valence-electron chi connectivity index (χ4n) is 2.46. The van der Waals surface area contributed by atoms with E-state index in [0.717, 1.165) is 18.4 Å². The SMILES string of the molecule is CCC(=O)c1ccc(O[C@@H](C(=O)NC2CC2)c2ccccc2)cc1. The van der Waals surface area contributed by atoms with Gasteiger partial charge >= 0.3 is 0 Å². The van der Waals surface area contributed by atoms with Crippen molar-refractivity contribution in [1.29, 1.82) is 0 Å². The second-order valence-electron chi connectivity index (χ2n) is 5.99. The third kappa shape index (κ3) is 4.02. The molecule has 0 saturated heterocycles. The van der Waals surface area contributed by atoms with E-state index in [1.54, 1.807) is 24.3 Å². The molecule has 24 heavy (non-hydrogen) atoms. The van der Waals surface area contributed by atoms with E-state index in [1.807, 2.05) is 37.3 Å². The summed E-state index contributed by atoms with van der Waals surface area (Å²) in [6.07, 6.45) is 1.83. The molecule has 1 aliphatic carbocycles. The summed E-state index contributed by atoms with van der Waals surface area (Å²) in [5.74, 6) is 0.535. The zero-order valence-corrected chi connectivity index (χ0v) is 13.7. The molecular formula is C20H21NO3. The van der Waals surface area contributed by atoms with Crippen LogP contribution in [-0.4, -0.2) is 17.7 Å². The van der Waals surface area contributed by atoms with Crippen LogP contribution >= 0.6 is 0 Å². The number of ketones is 1. The van der Waals surface area contributed by atoms with E-state index in [0.29, 0.717) is 17.7 Å². The lowest BCUT2D eigenvalue weighted by Gasteiger charge is -2.19. The second-order valence-corrected chi connectivity index (χ2v) is 5.99. The first-order valence-electron chi connectivity index (χ1n) is 8.32. The first-order chi connectivity index (χ1) is 11.7. The number of carbonyl (C=O) groups excluding carboxylic acids is 2. The molecule has 2 aromatic rings. The first kappa shape index (κ1) is 16.2. The first-order valence-corrected chi connectivity index (χ1v) is 8.32. The van der Waals surface area contributed by atoms with Gasteiger partial charge in [-0.15, -0.1) is 0 Å². The van der Waals surface area contributed by atoms with Crippen LogP contribution in [0.25, 0.3) is 0 Å². The lowest BCUT2D eigenvalue weighted by molar-refractivity contribution is -0.128. The Labute approximate surface area is 141 Å². The van der Waals surface area contributed by atoms with Crippen molar-refractivity contribution in [3.8, 4) is 5.75 Å². The maximum atomic E-state index is 12.5. The molecule has 1 N–H and O–H groups in total. The molecule has 0 unspecified atom stereocenters. The molecule has 2 aromatic carbocycles. The molecule has 4 heteroatoms. The number of rotatable bonds is 7. The standard InChI is InChI=1S/C20H21NO3/c1-2-18(22)14-8-12-17(13-9-14)24-19(15-6-4-3-5-7-15)20(23)21-16-10-11-16/h3-9,12-13,16,19H,2,10-11H2,1H3,(H,21,23)/t19-/m1/s1. The lowest BCUT2D eigenvalue weighted by atomic mass is 10.1. The molecule has 0 radical (unpaired) electrons. The molecule has 0 heterocycles. The molecule has 1 fully saturated rings. The van der Waals surface area contributed by atoms with Crippen molar-refractivity contribution >= 4 is 11.7 Å². The minimum Gasteiger partial charge on any atom is -0.476 e. The Morgan fingerprint density at radius 3 is 2.33 bits per heavy atom. The molecule has 1 amide bonds. The van der Waals surface area contributed by atoms with Crippen molar-refractivity contribution < 1.29 is 14.3 Å². The average molecular weight is 323 g/mol. The van der Waals surface area contributed by atoms with Crippen LogP contribution in [0.3, 0.4) is 0 Å². The van der Waals surface area contributed by atoms with E-state index in [9.17, 15) is 9.59 Å². The van der Waals surface area contributed by atoms with Crippen LogP contribution in [-0.2, 0) is 4.79 Å². The molecule has 0 spiro atoms. The number of amides is 1. The van der Waals surface area contributed by atoms with Crippen LogP contribution < -0.4 is 10.1 Å². The highest BCUT2D eigenvalue weighted by Gasteiger charge is 2.29. The molecule has 3 rings (SSSR count). The number of hydrogen-bond donors (Lipinski definition) is 1. The number of carbonyl (C=O) groups is 2. The summed E-state index contributed by atoms with van der Waals surface area (Å²) in [6.45, 7) is 1.83. The second kappa shape index (κ2) is 7.30. The highest BCUT2D eigenvalue weighted by Crippen LogP contribution is 2.25. The summed E-state index contributed by atoms with van der Waals surface area (Å²) in [4.78, 5) is 24.2. The Kier molecular flexibility index (Phi) is 4.94. The lowest BCUT2D eigenvalue weighted by Crippen LogP contribution is -2.33. The largest absolute Gasteiger partial charge is 0.476 e. The fraction of sp³-hybridized carbons (Fsp3) is 0.300. The summed E-state index contributed by atoms with van der Waals surface area (Å²) in [5, 5.41) is 2.99. The van der Waals surface area contributed by atoms with Gasteiger partial charge in [0, 0.05) is 23.6 Å². The van der Waals surface area contributed by atoms with Gasteiger partial charge in [0.1, 0.15) is 5.75 Å². The van der Waals surface area contributed by atoms with Crippen molar-refractivity contribution in [2.75, 3.05) is 0 Å². The van der Waals surface area contributed by atoms with Gasteiger partial charge in [0.2, 0.25) is 6.10 Å². The Balaban J connectivity index is 1.78. The minimum atomic E-state index is -0.695. The Bertz CT molecular complexity index is 705. The predicted octanol–water partition coefficient (Wildman–Crippen LogP) is 3.68. The average Bonchev–Trinajstić information content (AvgIpc) is 3.44. The molecule has 1 atom stereocenters. The van der Waals surface area contributed by atoms with E-state index in [2.05, 4.69) is 5.32 Å². The number of hydrogen-bond acceptors (Lipinski definition) is 3. The normalized spacial score (nSPS) is 14.7.